The molecule has 0 atom stereocenters. The molecule has 0 bridgehead atoms. The summed E-state index contributed by atoms with van der Waals surface area (Å²) in [5.74, 6) is 0.0268. The lowest BCUT2D eigenvalue weighted by Crippen LogP contribution is -2.04. The first-order valence-electron chi connectivity index (χ1n) is 6.06. The van der Waals surface area contributed by atoms with Crippen LogP contribution >= 0.6 is 0 Å². The van der Waals surface area contributed by atoms with Crippen LogP contribution in [0.2, 0.25) is 0 Å². The van der Waals surface area contributed by atoms with Crippen molar-refractivity contribution in [3.63, 3.8) is 0 Å². The fraction of sp³-hybridized carbons (Fsp3) is 0.0714. The van der Waals surface area contributed by atoms with Crippen molar-refractivity contribution in [1.82, 2.24) is 20.2 Å². The Labute approximate surface area is 114 Å². The van der Waals surface area contributed by atoms with Crippen molar-refractivity contribution in [2.24, 2.45) is 0 Å². The Morgan fingerprint density at radius 1 is 1.15 bits per heavy atom. The van der Waals surface area contributed by atoms with Crippen molar-refractivity contribution in [3.8, 4) is 17.1 Å². The zero-order chi connectivity index (χ0) is 14.1. The van der Waals surface area contributed by atoms with Gasteiger partial charge in [-0.25, -0.2) is 4.39 Å². The molecule has 0 fully saturated rings. The van der Waals surface area contributed by atoms with Crippen LogP contribution < -0.4 is 5.73 Å². The molecule has 2 N–H and O–H groups in total. The van der Waals surface area contributed by atoms with Crippen molar-refractivity contribution in [2.75, 3.05) is 5.73 Å². The highest BCUT2D eigenvalue weighted by Gasteiger charge is 2.15. The molecule has 100 valence electrons. The molecule has 0 amide bonds. The van der Waals surface area contributed by atoms with Crippen molar-refractivity contribution in [1.29, 1.82) is 0 Å². The normalized spacial score (nSPS) is 10.7. The van der Waals surface area contributed by atoms with E-state index in [4.69, 9.17) is 5.73 Å². The maximum atomic E-state index is 14.1. The minimum atomic E-state index is -0.381. The lowest BCUT2D eigenvalue weighted by molar-refractivity contribution is 0.606. The Morgan fingerprint density at radius 2 is 1.95 bits per heavy atom. The van der Waals surface area contributed by atoms with Crippen LogP contribution in [0, 0.1) is 12.7 Å². The van der Waals surface area contributed by atoms with E-state index in [0.29, 0.717) is 22.8 Å². The monoisotopic (exact) mass is 269 g/mol. The van der Waals surface area contributed by atoms with Crippen LogP contribution in [0.3, 0.4) is 0 Å². The number of nitrogens with zero attached hydrogens (tertiary/aromatic N) is 4. The summed E-state index contributed by atoms with van der Waals surface area (Å²) < 4.78 is 15.4. The Bertz CT molecular complexity index is 766. The molecule has 0 radical (unpaired) electrons. The van der Waals surface area contributed by atoms with Crippen molar-refractivity contribution >= 4 is 5.69 Å². The number of para-hydroxylation sites is 1. The molecule has 0 saturated heterocycles. The van der Waals surface area contributed by atoms with Crippen LogP contribution in [-0.2, 0) is 0 Å². The summed E-state index contributed by atoms with van der Waals surface area (Å²) in [5, 5.41) is 11.4. The first-order valence-corrected chi connectivity index (χ1v) is 6.06. The predicted octanol–water partition coefficient (Wildman–Crippen LogP) is 2.36. The largest absolute Gasteiger partial charge is 0.398 e. The maximum absolute atomic E-state index is 14.1. The quantitative estimate of drug-likeness (QED) is 0.725. The summed E-state index contributed by atoms with van der Waals surface area (Å²) in [5.41, 5.74) is 8.24. The number of nitrogens with two attached hydrogens (primary N) is 1. The predicted molar refractivity (Wildman–Crippen MR) is 73.7 cm³/mol. The Morgan fingerprint density at radius 3 is 2.70 bits per heavy atom. The van der Waals surface area contributed by atoms with E-state index >= 15 is 0 Å². The minimum Gasteiger partial charge on any atom is -0.398 e. The molecule has 20 heavy (non-hydrogen) atoms. The molecule has 0 saturated carbocycles. The number of aromatic nitrogens is 4. The first kappa shape index (κ1) is 12.3. The molecule has 0 spiro atoms. The van der Waals surface area contributed by atoms with Crippen LogP contribution in [0.15, 0.2) is 42.5 Å². The summed E-state index contributed by atoms with van der Waals surface area (Å²) in [4.78, 5) is 0. The van der Waals surface area contributed by atoms with Crippen LogP contribution in [0.25, 0.3) is 17.1 Å². The topological polar surface area (TPSA) is 69.6 Å². The Hall–Kier alpha value is -2.76. The van der Waals surface area contributed by atoms with E-state index < -0.39 is 0 Å². The van der Waals surface area contributed by atoms with Gasteiger partial charge in [0.05, 0.1) is 0 Å². The number of hydrogen-bond donors (Lipinski definition) is 1. The number of nitrogen functional groups attached to an aromatic ring is 1. The Balaban J connectivity index is 2.18. The standard InChI is InChI=1S/C14H12FN5/c1-9-6-7-13(11(15)8-9)20-14(17-18-19-20)10-4-2-3-5-12(10)16/h2-8H,16H2,1H3. The lowest BCUT2D eigenvalue weighted by atomic mass is 10.1. The highest BCUT2D eigenvalue weighted by Crippen LogP contribution is 2.25. The number of hydrogen-bond acceptors (Lipinski definition) is 4. The molecular weight excluding hydrogens is 257 g/mol. The third-order valence-corrected chi connectivity index (χ3v) is 3.00. The molecule has 0 aliphatic heterocycles. The van der Waals surface area contributed by atoms with E-state index in [-0.39, 0.29) is 5.82 Å². The first-order chi connectivity index (χ1) is 9.66. The molecule has 6 heteroatoms. The molecule has 3 aromatic rings. The zero-order valence-electron chi connectivity index (χ0n) is 10.8. The Kier molecular flexibility index (Phi) is 2.90. The molecule has 0 aliphatic rings. The van der Waals surface area contributed by atoms with Crippen molar-refractivity contribution < 1.29 is 4.39 Å². The van der Waals surface area contributed by atoms with Crippen LogP contribution in [0.5, 0.6) is 0 Å². The average molecular weight is 269 g/mol. The number of aryl methyl sites for hydroxylation is 1. The number of benzene rings is 2. The van der Waals surface area contributed by atoms with E-state index in [0.717, 1.165) is 5.56 Å². The summed E-state index contributed by atoms with van der Waals surface area (Å²) in [7, 11) is 0. The van der Waals surface area contributed by atoms with E-state index in [2.05, 4.69) is 15.5 Å². The van der Waals surface area contributed by atoms with Gasteiger partial charge in [-0.3, -0.25) is 0 Å². The van der Waals surface area contributed by atoms with Crippen molar-refractivity contribution in [3.05, 3.63) is 53.8 Å². The number of tetrazole rings is 1. The van der Waals surface area contributed by atoms with Gasteiger partial charge in [0.1, 0.15) is 11.5 Å². The van der Waals surface area contributed by atoms with Gasteiger partial charge in [-0.05, 0) is 47.2 Å². The molecular formula is C14H12FN5. The van der Waals surface area contributed by atoms with Gasteiger partial charge in [-0.1, -0.05) is 18.2 Å². The molecule has 2 aromatic carbocycles. The van der Waals surface area contributed by atoms with Gasteiger partial charge in [-0.15, -0.1) is 5.10 Å². The summed E-state index contributed by atoms with van der Waals surface area (Å²) in [6, 6.07) is 12.1. The van der Waals surface area contributed by atoms with Gasteiger partial charge >= 0.3 is 0 Å². The minimum absolute atomic E-state index is 0.291. The fourth-order valence-corrected chi connectivity index (χ4v) is 2.00. The van der Waals surface area contributed by atoms with Crippen molar-refractivity contribution in [2.45, 2.75) is 6.92 Å². The molecule has 1 heterocycles. The van der Waals surface area contributed by atoms with Gasteiger partial charge in [-0.2, -0.15) is 4.68 Å². The highest BCUT2D eigenvalue weighted by atomic mass is 19.1. The lowest BCUT2D eigenvalue weighted by Gasteiger charge is -2.08. The van der Waals surface area contributed by atoms with Crippen LogP contribution in [0.4, 0.5) is 10.1 Å². The van der Waals surface area contributed by atoms with Gasteiger partial charge in [0, 0.05) is 11.3 Å². The molecule has 5 nitrogen and oxygen atoms in total. The highest BCUT2D eigenvalue weighted by molar-refractivity contribution is 5.72. The van der Waals surface area contributed by atoms with Gasteiger partial charge < -0.3 is 5.73 Å². The van der Waals surface area contributed by atoms with Crippen LogP contribution in [0.1, 0.15) is 5.56 Å². The van der Waals surface area contributed by atoms with Crippen LogP contribution in [-0.4, -0.2) is 20.2 Å². The molecule has 3 rings (SSSR count). The smallest absolute Gasteiger partial charge is 0.189 e. The number of halogens is 1. The second-order valence-corrected chi connectivity index (χ2v) is 4.46. The van der Waals surface area contributed by atoms with Gasteiger partial charge in [0.15, 0.2) is 5.82 Å². The van der Waals surface area contributed by atoms with E-state index in [9.17, 15) is 4.39 Å². The van der Waals surface area contributed by atoms with E-state index in [1.165, 1.54) is 10.7 Å². The third-order valence-electron chi connectivity index (χ3n) is 3.00. The third kappa shape index (κ3) is 2.01. The average Bonchev–Trinajstić information content (AvgIpc) is 2.88. The van der Waals surface area contributed by atoms with Gasteiger partial charge in [0.2, 0.25) is 0 Å². The number of anilines is 1. The zero-order valence-corrected chi connectivity index (χ0v) is 10.8. The molecule has 1 aromatic heterocycles. The molecule has 0 unspecified atom stereocenters. The SMILES string of the molecule is Cc1ccc(-n2nnnc2-c2ccccc2N)c(F)c1. The number of rotatable bonds is 2. The second kappa shape index (κ2) is 4.73. The fourth-order valence-electron chi connectivity index (χ4n) is 2.00. The van der Waals surface area contributed by atoms with E-state index in [1.807, 2.05) is 19.1 Å². The summed E-state index contributed by atoms with van der Waals surface area (Å²) >= 11 is 0. The van der Waals surface area contributed by atoms with E-state index in [1.54, 1.807) is 24.3 Å². The maximum Gasteiger partial charge on any atom is 0.189 e. The van der Waals surface area contributed by atoms with Gasteiger partial charge in [0.25, 0.3) is 0 Å². The summed E-state index contributed by atoms with van der Waals surface area (Å²) in [6.45, 7) is 1.82. The second-order valence-electron chi connectivity index (χ2n) is 4.46. The summed E-state index contributed by atoms with van der Waals surface area (Å²) in [6.07, 6.45) is 0. The molecule has 0 aliphatic carbocycles.